The normalized spacial score (nSPS) is 11.4. The van der Waals surface area contributed by atoms with Crippen LogP contribution in [-0.4, -0.2) is 37.7 Å². The van der Waals surface area contributed by atoms with Gasteiger partial charge in [0, 0.05) is 23.2 Å². The predicted molar refractivity (Wildman–Crippen MR) is 135 cm³/mol. The maximum absolute atomic E-state index is 12.7. The van der Waals surface area contributed by atoms with Crippen molar-refractivity contribution >= 4 is 27.6 Å². The van der Waals surface area contributed by atoms with E-state index in [1.807, 2.05) is 72.8 Å². The summed E-state index contributed by atoms with van der Waals surface area (Å²) in [5.74, 6) is 0.832. The number of hydrogen-bond donors (Lipinski definition) is 1. The lowest BCUT2D eigenvalue weighted by atomic mass is 10.1. The van der Waals surface area contributed by atoms with Crippen molar-refractivity contribution in [3.8, 4) is 22.6 Å². The molecule has 0 spiro atoms. The Morgan fingerprint density at radius 3 is 2.15 bits per heavy atom. The van der Waals surface area contributed by atoms with E-state index < -0.39 is 10.0 Å². The van der Waals surface area contributed by atoms with Crippen molar-refractivity contribution in [2.75, 3.05) is 18.6 Å². The van der Waals surface area contributed by atoms with Gasteiger partial charge in [-0.2, -0.15) is 0 Å². The van der Waals surface area contributed by atoms with Crippen molar-refractivity contribution in [1.82, 2.24) is 9.71 Å². The van der Waals surface area contributed by atoms with Gasteiger partial charge in [0.15, 0.2) is 11.5 Å². The van der Waals surface area contributed by atoms with Gasteiger partial charge < -0.3 is 4.42 Å². The number of carbonyl (C=O) groups excluding carboxylic acids is 1. The third-order valence-corrected chi connectivity index (χ3v) is 6.63. The van der Waals surface area contributed by atoms with Crippen LogP contribution in [-0.2, 0) is 16.4 Å². The smallest absolute Gasteiger partial charge is 0.257 e. The fourth-order valence-corrected chi connectivity index (χ4v) is 4.58. The summed E-state index contributed by atoms with van der Waals surface area (Å²) >= 11 is 1.26. The second-order valence-electron chi connectivity index (χ2n) is 7.71. The molecule has 1 N–H and O–H groups in total. The number of Topliss-reactive ketones (excluding diaryl/α,β-unsaturated/α-hetero) is 1. The van der Waals surface area contributed by atoms with Crippen molar-refractivity contribution in [3.05, 3.63) is 96.1 Å². The van der Waals surface area contributed by atoms with E-state index in [-0.39, 0.29) is 11.5 Å². The summed E-state index contributed by atoms with van der Waals surface area (Å²) in [6.07, 6.45) is 1.68. The maximum Gasteiger partial charge on any atom is 0.257 e. The van der Waals surface area contributed by atoms with Crippen LogP contribution < -0.4 is 4.72 Å². The van der Waals surface area contributed by atoms with Gasteiger partial charge in [0.2, 0.25) is 10.0 Å². The van der Waals surface area contributed by atoms with Gasteiger partial charge in [-0.05, 0) is 12.0 Å². The molecule has 4 rings (SSSR count). The minimum absolute atomic E-state index is 0.0356. The molecular formula is C26H24N2O4S2. The lowest BCUT2D eigenvalue weighted by molar-refractivity contribution is 0.102. The van der Waals surface area contributed by atoms with Crippen LogP contribution in [0.25, 0.3) is 22.6 Å². The minimum Gasteiger partial charge on any atom is -0.431 e. The van der Waals surface area contributed by atoms with E-state index in [2.05, 4.69) is 9.71 Å². The van der Waals surface area contributed by atoms with Gasteiger partial charge in [-0.25, -0.2) is 18.1 Å². The van der Waals surface area contributed by atoms with E-state index in [0.717, 1.165) is 28.6 Å². The van der Waals surface area contributed by atoms with Gasteiger partial charge in [0.1, 0.15) is 5.69 Å². The van der Waals surface area contributed by atoms with Crippen LogP contribution in [0, 0.1) is 0 Å². The zero-order valence-corrected chi connectivity index (χ0v) is 20.2. The van der Waals surface area contributed by atoms with E-state index in [1.54, 1.807) is 12.1 Å². The van der Waals surface area contributed by atoms with E-state index >= 15 is 0 Å². The fourth-order valence-electron chi connectivity index (χ4n) is 3.39. The molecule has 8 heteroatoms. The molecule has 0 aliphatic heterocycles. The first-order valence-electron chi connectivity index (χ1n) is 10.7. The van der Waals surface area contributed by atoms with Crippen LogP contribution in [0.4, 0.5) is 0 Å². The average molecular weight is 493 g/mol. The van der Waals surface area contributed by atoms with Gasteiger partial charge in [0.25, 0.3) is 5.22 Å². The number of hydrogen-bond acceptors (Lipinski definition) is 6. The van der Waals surface area contributed by atoms with Crippen LogP contribution in [0.1, 0.15) is 15.9 Å². The number of rotatable bonds is 10. The fraction of sp³-hybridized carbons (Fsp3) is 0.154. The summed E-state index contributed by atoms with van der Waals surface area (Å²) in [7, 11) is -3.21. The molecule has 1 aromatic heterocycles. The first kappa shape index (κ1) is 23.9. The second-order valence-corrected chi connectivity index (χ2v) is 10.5. The highest BCUT2D eigenvalue weighted by Gasteiger charge is 2.18. The van der Waals surface area contributed by atoms with Gasteiger partial charge in [-0.1, -0.05) is 96.7 Å². The number of oxazole rings is 1. The number of ketones is 1. The Morgan fingerprint density at radius 2 is 1.53 bits per heavy atom. The highest BCUT2D eigenvalue weighted by atomic mass is 32.2. The molecule has 0 radical (unpaired) electrons. The minimum atomic E-state index is -3.21. The number of nitrogens with one attached hydrogen (secondary N) is 1. The highest BCUT2D eigenvalue weighted by Crippen LogP contribution is 2.35. The van der Waals surface area contributed by atoms with E-state index in [1.165, 1.54) is 11.8 Å². The molecule has 1 heterocycles. The topological polar surface area (TPSA) is 89.3 Å². The monoisotopic (exact) mass is 492 g/mol. The molecule has 0 aliphatic carbocycles. The molecule has 0 amide bonds. The molecule has 0 atom stereocenters. The Balaban J connectivity index is 1.44. The predicted octanol–water partition coefficient (Wildman–Crippen LogP) is 5.08. The quantitative estimate of drug-likeness (QED) is 0.245. The zero-order valence-electron chi connectivity index (χ0n) is 18.6. The molecule has 0 saturated heterocycles. The molecular weight excluding hydrogens is 468 g/mol. The molecule has 0 fully saturated rings. The van der Waals surface area contributed by atoms with Crippen molar-refractivity contribution in [1.29, 1.82) is 0 Å². The Kier molecular flexibility index (Phi) is 7.62. The summed E-state index contributed by atoms with van der Waals surface area (Å²) < 4.78 is 30.9. The van der Waals surface area contributed by atoms with Crippen LogP contribution in [0.2, 0.25) is 0 Å². The molecule has 0 bridgehead atoms. The van der Waals surface area contributed by atoms with E-state index in [9.17, 15) is 13.2 Å². The largest absolute Gasteiger partial charge is 0.431 e. The second kappa shape index (κ2) is 10.8. The van der Waals surface area contributed by atoms with Crippen molar-refractivity contribution < 1.29 is 17.6 Å². The van der Waals surface area contributed by atoms with Gasteiger partial charge in [0.05, 0.1) is 12.0 Å². The van der Waals surface area contributed by atoms with Crippen LogP contribution in [0.15, 0.2) is 94.6 Å². The molecule has 0 saturated carbocycles. The third-order valence-electron chi connectivity index (χ3n) is 5.07. The first-order chi connectivity index (χ1) is 16.4. The zero-order chi connectivity index (χ0) is 24.0. The Morgan fingerprint density at radius 1 is 0.912 bits per heavy atom. The van der Waals surface area contributed by atoms with Crippen molar-refractivity contribution in [2.45, 2.75) is 11.6 Å². The average Bonchev–Trinajstić information content (AvgIpc) is 3.28. The maximum atomic E-state index is 12.7. The van der Waals surface area contributed by atoms with Gasteiger partial charge in [-0.3, -0.25) is 4.79 Å². The van der Waals surface area contributed by atoms with Crippen molar-refractivity contribution in [3.63, 3.8) is 0 Å². The lowest BCUT2D eigenvalue weighted by Gasteiger charge is -2.04. The highest BCUT2D eigenvalue weighted by molar-refractivity contribution is 7.99. The molecule has 0 unspecified atom stereocenters. The molecule has 0 aliphatic rings. The summed E-state index contributed by atoms with van der Waals surface area (Å²) in [4.78, 5) is 17.4. The lowest BCUT2D eigenvalue weighted by Crippen LogP contribution is -2.24. The molecule has 174 valence electrons. The number of nitrogens with zero attached hydrogens (tertiary/aromatic N) is 1. The third kappa shape index (κ3) is 6.44. The van der Waals surface area contributed by atoms with Crippen LogP contribution in [0.3, 0.4) is 0 Å². The van der Waals surface area contributed by atoms with Gasteiger partial charge >= 0.3 is 0 Å². The SMILES string of the molecule is CS(=O)(=O)NCCc1ccc(C(=O)CSc2nc(-c3ccccc3)c(-c3ccccc3)o2)cc1. The van der Waals surface area contributed by atoms with Crippen LogP contribution in [0.5, 0.6) is 0 Å². The number of sulfonamides is 1. The van der Waals surface area contributed by atoms with E-state index in [4.69, 9.17) is 4.42 Å². The number of benzene rings is 3. The Hall–Kier alpha value is -3.20. The summed E-state index contributed by atoms with van der Waals surface area (Å²) in [6, 6.07) is 26.8. The first-order valence-corrected chi connectivity index (χ1v) is 13.6. The Bertz CT molecular complexity index is 1290. The molecule has 34 heavy (non-hydrogen) atoms. The van der Waals surface area contributed by atoms with Crippen molar-refractivity contribution in [2.24, 2.45) is 0 Å². The standard InChI is InChI=1S/C26H24N2O4S2/c1-34(30,31)27-17-16-19-12-14-20(15-13-19)23(29)18-33-26-28-24(21-8-4-2-5-9-21)25(32-26)22-10-6-3-7-11-22/h2-15,27H,16-18H2,1H3. The molecule has 3 aromatic carbocycles. The number of aromatic nitrogens is 1. The summed E-state index contributed by atoms with van der Waals surface area (Å²) in [5, 5.41) is 0.439. The Labute approximate surface area is 203 Å². The number of carbonyl (C=O) groups is 1. The summed E-state index contributed by atoms with van der Waals surface area (Å²) in [5.41, 5.74) is 4.16. The number of thioether (sulfide) groups is 1. The molecule has 6 nitrogen and oxygen atoms in total. The molecule has 4 aromatic rings. The van der Waals surface area contributed by atoms with Gasteiger partial charge in [-0.15, -0.1) is 0 Å². The van der Waals surface area contributed by atoms with E-state index in [0.29, 0.717) is 29.5 Å². The van der Waals surface area contributed by atoms with Crippen LogP contribution >= 0.6 is 11.8 Å². The summed E-state index contributed by atoms with van der Waals surface area (Å²) in [6.45, 7) is 0.319.